The molecule has 0 unspecified atom stereocenters. The predicted molar refractivity (Wildman–Crippen MR) is 104 cm³/mol. The average molecular weight is 349 g/mol. The molecule has 134 valence electrons. The molecule has 1 fully saturated rings. The number of pyridine rings is 1. The first-order valence-electron chi connectivity index (χ1n) is 9.73. The zero-order valence-corrected chi connectivity index (χ0v) is 15.7. The monoisotopic (exact) mass is 349 g/mol. The molecule has 0 amide bonds. The lowest BCUT2D eigenvalue weighted by atomic mass is 10.1. The Bertz CT molecular complexity index is 973. The molecule has 4 rings (SSSR count). The minimum atomic E-state index is 0.782. The molecule has 5 nitrogen and oxygen atoms in total. The number of anilines is 1. The molecule has 1 saturated heterocycles. The van der Waals surface area contributed by atoms with Crippen molar-refractivity contribution in [1.82, 2.24) is 4.98 Å². The number of imidazole rings is 1. The summed E-state index contributed by atoms with van der Waals surface area (Å²) in [5.41, 5.74) is 5.09. The number of piperazine rings is 1. The van der Waals surface area contributed by atoms with E-state index in [1.165, 1.54) is 25.5 Å². The van der Waals surface area contributed by atoms with E-state index in [1.807, 2.05) is 6.07 Å². The highest BCUT2D eigenvalue weighted by atomic mass is 15.3. The number of aromatic amines is 1. The Morgan fingerprint density at radius 1 is 1.23 bits per heavy atom. The normalized spacial score (nSPS) is 15.7. The van der Waals surface area contributed by atoms with E-state index in [9.17, 15) is 5.26 Å². The minimum Gasteiger partial charge on any atom is -0.330 e. The Balaban J connectivity index is 1.94. The van der Waals surface area contributed by atoms with Gasteiger partial charge in [0.2, 0.25) is 11.5 Å². The molecule has 2 aromatic heterocycles. The number of aromatic nitrogens is 2. The van der Waals surface area contributed by atoms with Crippen molar-refractivity contribution in [2.75, 3.05) is 37.6 Å². The van der Waals surface area contributed by atoms with E-state index in [4.69, 9.17) is 0 Å². The minimum absolute atomic E-state index is 0.782. The van der Waals surface area contributed by atoms with Crippen molar-refractivity contribution in [2.45, 2.75) is 26.7 Å². The van der Waals surface area contributed by atoms with Crippen LogP contribution in [0.2, 0.25) is 0 Å². The van der Waals surface area contributed by atoms with Gasteiger partial charge >= 0.3 is 0 Å². The number of nitrogens with zero attached hydrogens (tertiary/aromatic N) is 3. The number of hydrogen-bond acceptors (Lipinski definition) is 2. The van der Waals surface area contributed by atoms with Crippen molar-refractivity contribution in [3.63, 3.8) is 0 Å². The van der Waals surface area contributed by atoms with E-state index in [1.54, 1.807) is 4.90 Å². The molecular formula is C21H27N5+2. The van der Waals surface area contributed by atoms with Gasteiger partial charge in [-0.25, -0.2) is 0 Å². The topological polar surface area (TPSA) is 51.4 Å². The summed E-state index contributed by atoms with van der Waals surface area (Å²) < 4.78 is 2.25. The second-order valence-corrected chi connectivity index (χ2v) is 7.18. The lowest BCUT2D eigenvalue weighted by molar-refractivity contribution is -0.898. The molecule has 1 aromatic carbocycles. The highest BCUT2D eigenvalue weighted by Gasteiger charge is 2.29. The maximum absolute atomic E-state index is 9.84. The maximum Gasteiger partial charge on any atom is 0.250 e. The van der Waals surface area contributed by atoms with Crippen LogP contribution < -0.4 is 14.2 Å². The van der Waals surface area contributed by atoms with Crippen LogP contribution in [0.4, 0.5) is 5.82 Å². The van der Waals surface area contributed by atoms with Gasteiger partial charge in [0.1, 0.15) is 48.8 Å². The van der Waals surface area contributed by atoms with Gasteiger partial charge in [0.15, 0.2) is 0 Å². The molecule has 0 spiro atoms. The Morgan fingerprint density at radius 3 is 2.69 bits per heavy atom. The largest absolute Gasteiger partial charge is 0.330 e. The molecule has 0 radical (unpaired) electrons. The van der Waals surface area contributed by atoms with Crippen molar-refractivity contribution in [3.8, 4) is 6.07 Å². The van der Waals surface area contributed by atoms with Gasteiger partial charge in [0.25, 0.3) is 0 Å². The number of para-hydroxylation sites is 2. The van der Waals surface area contributed by atoms with Gasteiger partial charge in [-0.1, -0.05) is 25.5 Å². The first kappa shape index (κ1) is 16.9. The van der Waals surface area contributed by atoms with E-state index < -0.39 is 0 Å². The average Bonchev–Trinajstić information content (AvgIpc) is 3.07. The molecule has 0 aliphatic carbocycles. The van der Waals surface area contributed by atoms with Crippen molar-refractivity contribution in [3.05, 3.63) is 41.5 Å². The van der Waals surface area contributed by atoms with Crippen LogP contribution in [0.25, 0.3) is 16.7 Å². The van der Waals surface area contributed by atoms with Crippen LogP contribution in [-0.2, 0) is 6.42 Å². The zero-order valence-electron chi connectivity index (χ0n) is 15.7. The van der Waals surface area contributed by atoms with Gasteiger partial charge in [0, 0.05) is 6.07 Å². The van der Waals surface area contributed by atoms with Crippen LogP contribution >= 0.6 is 0 Å². The third-order valence-electron chi connectivity index (χ3n) is 5.64. The number of H-pyrrole nitrogens is 1. The van der Waals surface area contributed by atoms with E-state index in [2.05, 4.69) is 58.5 Å². The number of fused-ring (bicyclic) bond motifs is 3. The first-order valence-corrected chi connectivity index (χ1v) is 9.73. The second kappa shape index (κ2) is 6.97. The summed E-state index contributed by atoms with van der Waals surface area (Å²) in [6.45, 7) is 10.1. The molecule has 26 heavy (non-hydrogen) atoms. The number of benzene rings is 1. The molecule has 0 atom stereocenters. The van der Waals surface area contributed by atoms with Gasteiger partial charge in [0.05, 0.1) is 6.54 Å². The number of nitriles is 1. The fourth-order valence-electron chi connectivity index (χ4n) is 4.16. The predicted octanol–water partition coefficient (Wildman–Crippen LogP) is 1.46. The Hall–Kier alpha value is -2.58. The van der Waals surface area contributed by atoms with Gasteiger partial charge in [-0.2, -0.15) is 9.66 Å². The van der Waals surface area contributed by atoms with E-state index in [0.717, 1.165) is 53.7 Å². The first-order chi connectivity index (χ1) is 12.8. The summed E-state index contributed by atoms with van der Waals surface area (Å²) >= 11 is 0. The Kier molecular flexibility index (Phi) is 4.52. The number of nitrogens with one attached hydrogen (secondary N) is 2. The fourth-order valence-corrected chi connectivity index (χ4v) is 4.16. The molecule has 0 saturated carbocycles. The molecular weight excluding hydrogens is 322 g/mol. The van der Waals surface area contributed by atoms with Crippen LogP contribution in [0.3, 0.4) is 0 Å². The standard InChI is InChI=1S/C21H25N5/c1-3-7-16-14-20(25-12-10-24(4-2)11-13-25)26-19-9-6-5-8-18(19)23-21(26)17(16)15-22/h5-6,8-9,14H,3-4,7,10-13H2,1-2H3/p+2. The van der Waals surface area contributed by atoms with E-state index in [0.29, 0.717) is 0 Å². The number of likely N-dealkylation sites (N-methyl/N-ethyl adjacent to an activating group) is 1. The maximum atomic E-state index is 9.84. The van der Waals surface area contributed by atoms with Crippen molar-refractivity contribution < 1.29 is 9.30 Å². The number of aryl methyl sites for hydroxylation is 1. The fraction of sp³-hybridized carbons (Fsp3) is 0.429. The van der Waals surface area contributed by atoms with Gasteiger partial charge in [-0.05, 0) is 31.0 Å². The summed E-state index contributed by atoms with van der Waals surface area (Å²) in [7, 11) is 0. The lowest BCUT2D eigenvalue weighted by Crippen LogP contribution is -3.14. The molecule has 2 N–H and O–H groups in total. The van der Waals surface area contributed by atoms with E-state index in [-0.39, 0.29) is 0 Å². The number of rotatable bonds is 4. The zero-order chi connectivity index (χ0) is 18.1. The molecule has 3 aromatic rings. The van der Waals surface area contributed by atoms with Gasteiger partial charge < -0.3 is 4.90 Å². The number of hydrogen-bond donors (Lipinski definition) is 2. The SMILES string of the molecule is CCCc1cc(N2CC[NH+](CC)CC2)[n+]2c([nH]c3ccccc32)c1C#N. The van der Waals surface area contributed by atoms with Crippen LogP contribution in [0.15, 0.2) is 30.3 Å². The molecule has 1 aliphatic heterocycles. The highest BCUT2D eigenvalue weighted by molar-refractivity contribution is 5.77. The smallest absolute Gasteiger partial charge is 0.250 e. The van der Waals surface area contributed by atoms with E-state index >= 15 is 0 Å². The quantitative estimate of drug-likeness (QED) is 0.701. The van der Waals surface area contributed by atoms with Crippen LogP contribution in [0.1, 0.15) is 31.4 Å². The van der Waals surface area contributed by atoms with Gasteiger partial charge in [-0.3, -0.25) is 9.88 Å². The van der Waals surface area contributed by atoms with Crippen LogP contribution in [0, 0.1) is 11.3 Å². The van der Waals surface area contributed by atoms with Gasteiger partial charge in [-0.15, -0.1) is 0 Å². The molecule has 1 aliphatic rings. The number of quaternary nitrogens is 1. The van der Waals surface area contributed by atoms with Crippen molar-refractivity contribution in [1.29, 1.82) is 5.26 Å². The van der Waals surface area contributed by atoms with Crippen molar-refractivity contribution >= 4 is 22.5 Å². The molecule has 5 heteroatoms. The summed E-state index contributed by atoms with van der Waals surface area (Å²) in [6, 6.07) is 13.0. The lowest BCUT2D eigenvalue weighted by Gasteiger charge is -2.29. The molecule has 0 bridgehead atoms. The summed E-state index contributed by atoms with van der Waals surface area (Å²) in [5, 5.41) is 9.84. The van der Waals surface area contributed by atoms with Crippen LogP contribution in [-0.4, -0.2) is 37.7 Å². The summed E-state index contributed by atoms with van der Waals surface area (Å²) in [5.74, 6) is 1.22. The van der Waals surface area contributed by atoms with Crippen LogP contribution in [0.5, 0.6) is 0 Å². The summed E-state index contributed by atoms with van der Waals surface area (Å²) in [4.78, 5) is 7.67. The highest BCUT2D eigenvalue weighted by Crippen LogP contribution is 2.23. The molecule has 3 heterocycles. The Morgan fingerprint density at radius 2 is 2.00 bits per heavy atom. The third kappa shape index (κ3) is 2.71. The second-order valence-electron chi connectivity index (χ2n) is 7.18. The van der Waals surface area contributed by atoms with Crippen molar-refractivity contribution in [2.24, 2.45) is 0 Å². The third-order valence-corrected chi connectivity index (χ3v) is 5.64. The Labute approximate surface area is 154 Å². The summed E-state index contributed by atoms with van der Waals surface area (Å²) in [6.07, 6.45) is 1.97.